The molecular weight excluding hydrogens is 340 g/mol. The van der Waals surface area contributed by atoms with Crippen LogP contribution in [0.4, 0.5) is 16.2 Å². The van der Waals surface area contributed by atoms with Crippen LogP contribution in [0.1, 0.15) is 22.3 Å². The number of nitrogens with zero attached hydrogens (tertiary/aromatic N) is 2. The van der Waals surface area contributed by atoms with E-state index < -0.39 is 0 Å². The van der Waals surface area contributed by atoms with E-state index in [4.69, 9.17) is 0 Å². The second-order valence-corrected chi connectivity index (χ2v) is 6.72. The summed E-state index contributed by atoms with van der Waals surface area (Å²) in [5, 5.41) is 5.69. The second-order valence-electron chi connectivity index (χ2n) is 6.72. The van der Waals surface area contributed by atoms with E-state index in [9.17, 15) is 9.59 Å². The lowest BCUT2D eigenvalue weighted by atomic mass is 10.1. The Kier molecular flexibility index (Phi) is 7.23. The summed E-state index contributed by atoms with van der Waals surface area (Å²) in [5.74, 6) is -0.0950. The Balaban J connectivity index is 1.82. The summed E-state index contributed by atoms with van der Waals surface area (Å²) in [4.78, 5) is 27.9. The molecule has 0 aliphatic heterocycles. The van der Waals surface area contributed by atoms with E-state index >= 15 is 0 Å². The van der Waals surface area contributed by atoms with Gasteiger partial charge in [0.15, 0.2) is 0 Å². The molecule has 0 fully saturated rings. The average molecular weight is 368 g/mol. The second kappa shape index (κ2) is 9.62. The van der Waals surface area contributed by atoms with Crippen molar-refractivity contribution in [3.8, 4) is 0 Å². The molecule has 0 aromatic heterocycles. The Morgan fingerprint density at radius 2 is 1.70 bits per heavy atom. The molecule has 27 heavy (non-hydrogen) atoms. The van der Waals surface area contributed by atoms with Crippen molar-refractivity contribution in [3.05, 3.63) is 59.7 Å². The monoisotopic (exact) mass is 368 g/mol. The van der Waals surface area contributed by atoms with Crippen molar-refractivity contribution in [2.45, 2.75) is 13.3 Å². The number of anilines is 2. The number of hydrogen-bond acceptors (Lipinski definition) is 3. The lowest BCUT2D eigenvalue weighted by Crippen LogP contribution is -2.32. The van der Waals surface area contributed by atoms with Gasteiger partial charge in [-0.1, -0.05) is 24.3 Å². The molecular formula is C21H28N4O2. The first-order valence-corrected chi connectivity index (χ1v) is 9.02. The molecule has 0 radical (unpaired) electrons. The summed E-state index contributed by atoms with van der Waals surface area (Å²) in [5.41, 5.74) is 3.25. The van der Waals surface area contributed by atoms with Crippen LogP contribution in [-0.2, 0) is 0 Å². The van der Waals surface area contributed by atoms with E-state index in [1.807, 2.05) is 38.2 Å². The Hall–Kier alpha value is -3.02. The summed E-state index contributed by atoms with van der Waals surface area (Å²) in [7, 11) is 5.44. The van der Waals surface area contributed by atoms with Crippen LogP contribution in [0.5, 0.6) is 0 Å². The first-order chi connectivity index (χ1) is 12.9. The van der Waals surface area contributed by atoms with E-state index in [-0.39, 0.29) is 11.9 Å². The number of carbonyl (C=O) groups excluding carboxylic acids is 2. The van der Waals surface area contributed by atoms with Gasteiger partial charge < -0.3 is 20.4 Å². The van der Waals surface area contributed by atoms with Crippen molar-refractivity contribution >= 4 is 23.3 Å². The van der Waals surface area contributed by atoms with Crippen LogP contribution >= 0.6 is 0 Å². The third kappa shape index (κ3) is 6.02. The highest BCUT2D eigenvalue weighted by Gasteiger charge is 2.11. The Bertz CT molecular complexity index is 775. The van der Waals surface area contributed by atoms with Gasteiger partial charge in [0.25, 0.3) is 5.91 Å². The van der Waals surface area contributed by atoms with Crippen molar-refractivity contribution in [1.82, 2.24) is 10.2 Å². The molecule has 2 rings (SSSR count). The number of para-hydroxylation sites is 1. The molecule has 2 aromatic rings. The molecule has 3 amide bonds. The minimum Gasteiger partial charge on any atom is -0.375 e. The lowest BCUT2D eigenvalue weighted by molar-refractivity contribution is 0.0827. The molecule has 0 saturated heterocycles. The zero-order valence-corrected chi connectivity index (χ0v) is 16.5. The molecule has 0 heterocycles. The largest absolute Gasteiger partial charge is 0.375 e. The Morgan fingerprint density at radius 3 is 2.37 bits per heavy atom. The van der Waals surface area contributed by atoms with Crippen molar-refractivity contribution < 1.29 is 9.59 Å². The topological polar surface area (TPSA) is 64.7 Å². The number of urea groups is 1. The van der Waals surface area contributed by atoms with Crippen LogP contribution in [-0.4, -0.2) is 51.1 Å². The van der Waals surface area contributed by atoms with Gasteiger partial charge in [0, 0.05) is 51.2 Å². The minimum absolute atomic E-state index is 0.0950. The molecule has 0 bridgehead atoms. The van der Waals surface area contributed by atoms with Crippen molar-refractivity contribution in [2.24, 2.45) is 0 Å². The summed E-state index contributed by atoms with van der Waals surface area (Å²) >= 11 is 0. The third-order valence-corrected chi connectivity index (χ3v) is 4.29. The van der Waals surface area contributed by atoms with Crippen molar-refractivity contribution in [2.75, 3.05) is 44.4 Å². The standard InChI is InChI=1S/C21H28N4O2/c1-16-11-12-17(20(26)24(2)3)15-19(16)23-21(27)22-13-8-14-25(4)18-9-6-5-7-10-18/h5-7,9-12,15H,8,13-14H2,1-4H3,(H2,22,23,27). The maximum absolute atomic E-state index is 12.2. The Labute approximate surface area is 161 Å². The zero-order valence-electron chi connectivity index (χ0n) is 16.5. The average Bonchev–Trinajstić information content (AvgIpc) is 2.66. The van der Waals surface area contributed by atoms with E-state index in [2.05, 4.69) is 27.7 Å². The quantitative estimate of drug-likeness (QED) is 0.737. The van der Waals surface area contributed by atoms with E-state index in [1.54, 1.807) is 26.2 Å². The number of carbonyl (C=O) groups is 2. The SMILES string of the molecule is Cc1ccc(C(=O)N(C)C)cc1NC(=O)NCCCN(C)c1ccccc1. The van der Waals surface area contributed by atoms with E-state index in [0.717, 1.165) is 24.2 Å². The molecule has 6 heteroatoms. The summed E-state index contributed by atoms with van der Waals surface area (Å²) < 4.78 is 0. The first-order valence-electron chi connectivity index (χ1n) is 9.02. The van der Waals surface area contributed by atoms with Gasteiger partial charge in [0.2, 0.25) is 0 Å². The zero-order chi connectivity index (χ0) is 19.8. The van der Waals surface area contributed by atoms with Crippen LogP contribution in [0.25, 0.3) is 0 Å². The van der Waals surface area contributed by atoms with Crippen LogP contribution < -0.4 is 15.5 Å². The first kappa shape index (κ1) is 20.3. The number of benzene rings is 2. The highest BCUT2D eigenvalue weighted by atomic mass is 16.2. The number of hydrogen-bond donors (Lipinski definition) is 2. The predicted octanol–water partition coefficient (Wildman–Crippen LogP) is 3.34. The number of rotatable bonds is 7. The fourth-order valence-electron chi connectivity index (χ4n) is 2.64. The molecule has 0 unspecified atom stereocenters. The molecule has 2 aromatic carbocycles. The molecule has 6 nitrogen and oxygen atoms in total. The van der Waals surface area contributed by atoms with Gasteiger partial charge in [-0.05, 0) is 43.2 Å². The van der Waals surface area contributed by atoms with Gasteiger partial charge in [-0.2, -0.15) is 0 Å². The molecule has 0 aliphatic rings. The fraction of sp³-hybridized carbons (Fsp3) is 0.333. The van der Waals surface area contributed by atoms with Gasteiger partial charge in [0.1, 0.15) is 0 Å². The van der Waals surface area contributed by atoms with Gasteiger partial charge >= 0.3 is 6.03 Å². The van der Waals surface area contributed by atoms with Gasteiger partial charge in [0.05, 0.1) is 0 Å². The van der Waals surface area contributed by atoms with Crippen molar-refractivity contribution in [3.63, 3.8) is 0 Å². The summed E-state index contributed by atoms with van der Waals surface area (Å²) in [6, 6.07) is 15.2. The molecule has 2 N–H and O–H groups in total. The molecule has 144 valence electrons. The third-order valence-electron chi connectivity index (χ3n) is 4.29. The highest BCUT2D eigenvalue weighted by Crippen LogP contribution is 2.17. The van der Waals surface area contributed by atoms with Crippen LogP contribution in [0, 0.1) is 6.92 Å². The molecule has 0 spiro atoms. The fourth-order valence-corrected chi connectivity index (χ4v) is 2.64. The summed E-state index contributed by atoms with van der Waals surface area (Å²) in [6.45, 7) is 3.31. The maximum Gasteiger partial charge on any atom is 0.319 e. The van der Waals surface area contributed by atoms with Gasteiger partial charge in [-0.3, -0.25) is 4.79 Å². The molecule has 0 saturated carbocycles. The molecule has 0 aliphatic carbocycles. The lowest BCUT2D eigenvalue weighted by Gasteiger charge is -2.19. The van der Waals surface area contributed by atoms with E-state index in [0.29, 0.717) is 17.8 Å². The smallest absolute Gasteiger partial charge is 0.319 e. The molecule has 0 atom stereocenters. The predicted molar refractivity (Wildman–Crippen MR) is 111 cm³/mol. The van der Waals surface area contributed by atoms with Crippen LogP contribution in [0.15, 0.2) is 48.5 Å². The number of nitrogens with one attached hydrogen (secondary N) is 2. The van der Waals surface area contributed by atoms with Crippen LogP contribution in [0.3, 0.4) is 0 Å². The number of amides is 3. The normalized spacial score (nSPS) is 10.2. The highest BCUT2D eigenvalue weighted by molar-refractivity contribution is 5.97. The van der Waals surface area contributed by atoms with Crippen LogP contribution in [0.2, 0.25) is 0 Å². The van der Waals surface area contributed by atoms with Gasteiger partial charge in [-0.15, -0.1) is 0 Å². The maximum atomic E-state index is 12.2. The van der Waals surface area contributed by atoms with E-state index in [1.165, 1.54) is 4.90 Å². The van der Waals surface area contributed by atoms with Gasteiger partial charge in [-0.25, -0.2) is 4.79 Å². The number of aryl methyl sites for hydroxylation is 1. The minimum atomic E-state index is -0.269. The summed E-state index contributed by atoms with van der Waals surface area (Å²) in [6.07, 6.45) is 0.830. The Morgan fingerprint density at radius 1 is 1.00 bits per heavy atom. The van der Waals surface area contributed by atoms with Crippen molar-refractivity contribution in [1.29, 1.82) is 0 Å².